The van der Waals surface area contributed by atoms with E-state index in [0.717, 1.165) is 12.3 Å². The molecule has 0 atom stereocenters. The predicted octanol–water partition coefficient (Wildman–Crippen LogP) is 1.79. The predicted molar refractivity (Wildman–Crippen MR) is 77.4 cm³/mol. The molecule has 0 unspecified atom stereocenters. The lowest BCUT2D eigenvalue weighted by molar-refractivity contribution is 0.464. The maximum absolute atomic E-state index is 12.0. The molecule has 2 N–H and O–H groups in total. The molecule has 0 fully saturated rings. The number of hydrogen-bond donors (Lipinski definition) is 2. The third-order valence-corrected chi connectivity index (χ3v) is 5.07. The van der Waals surface area contributed by atoms with Crippen LogP contribution in [0.5, 0.6) is 0 Å². The van der Waals surface area contributed by atoms with Crippen molar-refractivity contribution in [2.45, 2.75) is 18.4 Å². The molecule has 0 saturated heterocycles. The average Bonchev–Trinajstić information content (AvgIpc) is 2.69. The fourth-order valence-electron chi connectivity index (χ4n) is 1.27. The van der Waals surface area contributed by atoms with Crippen LogP contribution in [0.15, 0.2) is 20.0 Å². The van der Waals surface area contributed by atoms with Crippen LogP contribution in [-0.4, -0.2) is 33.5 Å². The van der Waals surface area contributed by atoms with Crippen molar-refractivity contribution in [1.82, 2.24) is 10.0 Å². The molecule has 0 bridgehead atoms. The minimum atomic E-state index is -3.50. The summed E-state index contributed by atoms with van der Waals surface area (Å²) in [6, 6.07) is 1.54. The fourth-order valence-corrected chi connectivity index (χ4v) is 3.74. The normalized spacial score (nSPS) is 11.9. The molecule has 0 aliphatic rings. The van der Waals surface area contributed by atoms with E-state index in [-0.39, 0.29) is 9.56 Å². The molecule has 104 valence electrons. The molecule has 0 saturated carbocycles. The van der Waals surface area contributed by atoms with Gasteiger partial charge in [0.05, 0.1) is 6.54 Å². The summed E-state index contributed by atoms with van der Waals surface area (Å²) in [7, 11) is -3.50. The Morgan fingerprint density at radius 2 is 2.22 bits per heavy atom. The van der Waals surface area contributed by atoms with E-state index in [9.17, 15) is 8.42 Å². The number of halogens is 1. The summed E-state index contributed by atoms with van der Waals surface area (Å²) in [6.45, 7) is 3.69. The number of thioether (sulfide) groups is 1. The molecule has 0 aliphatic carbocycles. The quantitative estimate of drug-likeness (QED) is 0.694. The summed E-state index contributed by atoms with van der Waals surface area (Å²) in [6.07, 6.45) is 1.93. The Kier molecular flexibility index (Phi) is 6.72. The van der Waals surface area contributed by atoms with Gasteiger partial charge < -0.3 is 9.73 Å². The lowest BCUT2D eigenvalue weighted by Gasteiger charge is -2.03. The number of hydrogen-bond acceptors (Lipinski definition) is 5. The van der Waals surface area contributed by atoms with Gasteiger partial charge in [-0.2, -0.15) is 11.8 Å². The van der Waals surface area contributed by atoms with Crippen molar-refractivity contribution < 1.29 is 12.8 Å². The summed E-state index contributed by atoms with van der Waals surface area (Å²) < 4.78 is 32.1. The van der Waals surface area contributed by atoms with Gasteiger partial charge in [0, 0.05) is 18.4 Å². The summed E-state index contributed by atoms with van der Waals surface area (Å²) in [5, 5.41) is 3.08. The number of rotatable bonds is 8. The summed E-state index contributed by atoms with van der Waals surface area (Å²) in [5.74, 6) is 1.33. The van der Waals surface area contributed by atoms with Crippen LogP contribution in [0.1, 0.15) is 12.7 Å². The first-order valence-electron chi connectivity index (χ1n) is 5.48. The molecule has 1 heterocycles. The van der Waals surface area contributed by atoms with E-state index in [1.165, 1.54) is 6.07 Å². The van der Waals surface area contributed by atoms with E-state index in [4.69, 9.17) is 4.42 Å². The molecule has 5 nitrogen and oxygen atoms in total. The van der Waals surface area contributed by atoms with Crippen molar-refractivity contribution in [3.63, 3.8) is 0 Å². The zero-order valence-electron chi connectivity index (χ0n) is 10.3. The third-order valence-electron chi connectivity index (χ3n) is 2.14. The van der Waals surface area contributed by atoms with Gasteiger partial charge in [0.25, 0.3) is 0 Å². The van der Waals surface area contributed by atoms with Crippen LogP contribution >= 0.6 is 27.7 Å². The van der Waals surface area contributed by atoms with Gasteiger partial charge in [-0.15, -0.1) is 0 Å². The van der Waals surface area contributed by atoms with Crippen LogP contribution in [0.2, 0.25) is 0 Å². The van der Waals surface area contributed by atoms with Crippen molar-refractivity contribution in [3.05, 3.63) is 16.5 Å². The van der Waals surface area contributed by atoms with E-state index in [0.29, 0.717) is 18.8 Å². The van der Waals surface area contributed by atoms with Gasteiger partial charge in [0.15, 0.2) is 4.67 Å². The minimum absolute atomic E-state index is 0.150. The standard InChI is InChI=1S/C10H17BrN2O3S2/c1-3-12-7-8-6-9(10(11)16-8)18(14,15)13-4-5-17-2/h6,12-13H,3-5,7H2,1-2H3. The first-order chi connectivity index (χ1) is 8.51. The van der Waals surface area contributed by atoms with Gasteiger partial charge in [-0.05, 0) is 28.7 Å². The molecule has 1 rings (SSSR count). The van der Waals surface area contributed by atoms with Gasteiger partial charge in [-0.1, -0.05) is 6.92 Å². The maximum Gasteiger partial charge on any atom is 0.244 e. The second-order valence-corrected chi connectivity index (χ2v) is 6.96. The molecular formula is C10H17BrN2O3S2. The topological polar surface area (TPSA) is 71.3 Å². The van der Waals surface area contributed by atoms with E-state index in [2.05, 4.69) is 26.0 Å². The minimum Gasteiger partial charge on any atom is -0.452 e. The zero-order valence-corrected chi connectivity index (χ0v) is 13.5. The monoisotopic (exact) mass is 356 g/mol. The maximum atomic E-state index is 12.0. The van der Waals surface area contributed by atoms with Crippen molar-refractivity contribution in [1.29, 1.82) is 0 Å². The lowest BCUT2D eigenvalue weighted by atomic mass is 10.4. The largest absolute Gasteiger partial charge is 0.452 e. The van der Waals surface area contributed by atoms with Gasteiger partial charge in [0.2, 0.25) is 10.0 Å². The highest BCUT2D eigenvalue weighted by molar-refractivity contribution is 9.10. The molecule has 1 aromatic rings. The molecular weight excluding hydrogens is 340 g/mol. The molecule has 0 spiro atoms. The highest BCUT2D eigenvalue weighted by Crippen LogP contribution is 2.25. The van der Waals surface area contributed by atoms with Crippen LogP contribution in [0.4, 0.5) is 0 Å². The van der Waals surface area contributed by atoms with Gasteiger partial charge >= 0.3 is 0 Å². The van der Waals surface area contributed by atoms with Gasteiger partial charge in [0.1, 0.15) is 10.7 Å². The Bertz CT molecular complexity index is 473. The highest BCUT2D eigenvalue weighted by Gasteiger charge is 2.21. The Morgan fingerprint density at radius 1 is 1.50 bits per heavy atom. The Hall–Kier alpha value is -0.0200. The van der Waals surface area contributed by atoms with Crippen molar-refractivity contribution in [2.75, 3.05) is 25.1 Å². The Morgan fingerprint density at radius 3 is 2.83 bits per heavy atom. The second kappa shape index (κ2) is 7.54. The van der Waals surface area contributed by atoms with Crippen LogP contribution in [-0.2, 0) is 16.6 Å². The van der Waals surface area contributed by atoms with E-state index >= 15 is 0 Å². The van der Waals surface area contributed by atoms with Crippen molar-refractivity contribution in [2.24, 2.45) is 0 Å². The summed E-state index contributed by atoms with van der Waals surface area (Å²) in [5.41, 5.74) is 0. The highest BCUT2D eigenvalue weighted by atomic mass is 79.9. The number of furan rings is 1. The Labute approximate surface area is 120 Å². The summed E-state index contributed by atoms with van der Waals surface area (Å²) >= 11 is 4.72. The molecule has 1 aromatic heterocycles. The SMILES string of the molecule is CCNCc1cc(S(=O)(=O)NCCSC)c(Br)o1. The van der Waals surface area contributed by atoms with E-state index < -0.39 is 10.0 Å². The van der Waals surface area contributed by atoms with Crippen molar-refractivity contribution >= 4 is 37.7 Å². The van der Waals surface area contributed by atoms with E-state index in [1.54, 1.807) is 11.8 Å². The average molecular weight is 357 g/mol. The molecule has 0 aliphatic heterocycles. The van der Waals surface area contributed by atoms with Crippen LogP contribution in [0.25, 0.3) is 0 Å². The lowest BCUT2D eigenvalue weighted by Crippen LogP contribution is -2.25. The first-order valence-corrected chi connectivity index (χ1v) is 9.15. The van der Waals surface area contributed by atoms with Crippen LogP contribution < -0.4 is 10.0 Å². The number of nitrogens with one attached hydrogen (secondary N) is 2. The smallest absolute Gasteiger partial charge is 0.244 e. The van der Waals surface area contributed by atoms with Gasteiger partial charge in [-0.3, -0.25) is 0 Å². The Balaban J connectivity index is 2.78. The molecule has 18 heavy (non-hydrogen) atoms. The number of sulfonamides is 1. The molecule has 0 aromatic carbocycles. The van der Waals surface area contributed by atoms with E-state index in [1.807, 2.05) is 13.2 Å². The zero-order chi connectivity index (χ0) is 13.6. The summed E-state index contributed by atoms with van der Waals surface area (Å²) in [4.78, 5) is 0.150. The van der Waals surface area contributed by atoms with Gasteiger partial charge in [-0.25, -0.2) is 13.1 Å². The van der Waals surface area contributed by atoms with Crippen LogP contribution in [0.3, 0.4) is 0 Å². The molecule has 0 amide bonds. The molecule has 0 radical (unpaired) electrons. The second-order valence-electron chi connectivity index (χ2n) is 3.52. The fraction of sp³-hybridized carbons (Fsp3) is 0.600. The first kappa shape index (κ1) is 16.0. The van der Waals surface area contributed by atoms with Crippen LogP contribution in [0, 0.1) is 0 Å². The van der Waals surface area contributed by atoms with Crippen molar-refractivity contribution in [3.8, 4) is 0 Å². The third kappa shape index (κ3) is 4.58. The molecule has 8 heteroatoms.